The van der Waals surface area contributed by atoms with Crippen LogP contribution in [0.1, 0.15) is 103 Å². The summed E-state index contributed by atoms with van der Waals surface area (Å²) < 4.78 is 0. The first kappa shape index (κ1) is 36.8. The van der Waals surface area contributed by atoms with Gasteiger partial charge < -0.3 is 42.1 Å². The summed E-state index contributed by atoms with van der Waals surface area (Å²) in [5.74, 6) is -2.26. The van der Waals surface area contributed by atoms with Crippen LogP contribution in [0.25, 0.3) is 31.9 Å². The van der Waals surface area contributed by atoms with E-state index in [1.54, 1.807) is 0 Å². The summed E-state index contributed by atoms with van der Waals surface area (Å²) in [5, 5.41) is 45.6. The molecule has 244 valence electrons. The van der Waals surface area contributed by atoms with E-state index < -0.39 is 11.9 Å². The molecule has 2 N–H and O–H groups in total. The zero-order valence-corrected chi connectivity index (χ0v) is 27.7. The number of carbonyl (C=O) groups is 2. The number of nitrogens with zero attached hydrogens (tertiary/aromatic N) is 6. The summed E-state index contributed by atoms with van der Waals surface area (Å²) in [6, 6.07) is 2.17. The minimum absolute atomic E-state index is 0. The molecule has 0 aromatic heterocycles. The van der Waals surface area contributed by atoms with Crippen LogP contribution in [0.4, 0.5) is 0 Å². The molecule has 6 fully saturated rings. The predicted octanol–water partition coefficient (Wildman–Crippen LogP) is 7.14. The number of hydrogen-bond donors (Lipinski definition) is 2. The Morgan fingerprint density at radius 3 is 0.907 bits per heavy atom. The molecule has 8 atom stereocenters. The normalized spacial score (nSPS) is 36.7. The second-order valence-corrected chi connectivity index (χ2v) is 12.9. The maximum atomic E-state index is 11.0. The van der Waals surface area contributed by atoms with Crippen LogP contribution in [0.2, 0.25) is 0 Å². The molecule has 0 spiro atoms. The molecule has 8 unspecified atom stereocenters. The van der Waals surface area contributed by atoms with Gasteiger partial charge in [0.15, 0.2) is 0 Å². The van der Waals surface area contributed by atoms with Crippen LogP contribution in [0.3, 0.4) is 0 Å². The monoisotopic (exact) mass is 688 g/mol. The molecule has 6 heterocycles. The molecule has 11 heteroatoms. The molecule has 0 saturated carbocycles. The fourth-order valence-corrected chi connectivity index (χ4v) is 7.28. The Morgan fingerprint density at radius 2 is 0.674 bits per heavy atom. The van der Waals surface area contributed by atoms with Crippen molar-refractivity contribution in [2.75, 3.05) is 39.3 Å². The molecule has 10 nitrogen and oxygen atoms in total. The van der Waals surface area contributed by atoms with Gasteiger partial charge in [-0.05, 0) is 0 Å². The summed E-state index contributed by atoms with van der Waals surface area (Å²) in [5.41, 5.74) is 0. The van der Waals surface area contributed by atoms with E-state index in [2.05, 4.69) is 31.9 Å². The summed E-state index contributed by atoms with van der Waals surface area (Å²) in [4.78, 5) is 22.0. The Kier molecular flexibility index (Phi) is 17.5. The number of piperidine rings is 6. The first-order valence-corrected chi connectivity index (χ1v) is 17.0. The quantitative estimate of drug-likeness (QED) is 0.294. The average molecular weight is 688 g/mol. The second kappa shape index (κ2) is 20.4. The number of carboxylic acids is 2. The van der Waals surface area contributed by atoms with Gasteiger partial charge in [-0.2, -0.15) is 36.3 Å². The Labute approximate surface area is 272 Å². The summed E-state index contributed by atoms with van der Waals surface area (Å²) in [6.45, 7) is 5.47. The third-order valence-corrected chi connectivity index (χ3v) is 9.85. The van der Waals surface area contributed by atoms with Gasteiger partial charge in [-0.25, -0.2) is 0 Å². The van der Waals surface area contributed by atoms with Crippen LogP contribution in [0.15, 0.2) is 0 Å². The SMILES string of the molecule is C1CCC(C2CCCC[N-]2)[N-]C1.C1CCC(C2CCCC[N-]2)[N-]C1.O=C(O)C1CC[N-]C(C2CC(C(=O)O)CC[N-]2)C1.[Ru+6]. The zero-order valence-electron chi connectivity index (χ0n) is 25.9. The van der Waals surface area contributed by atoms with Crippen molar-refractivity contribution >= 4 is 11.9 Å². The van der Waals surface area contributed by atoms with Gasteiger partial charge in [-0.3, -0.25) is 9.59 Å². The smallest absolute Gasteiger partial charge is 0.661 e. The second-order valence-electron chi connectivity index (χ2n) is 12.9. The summed E-state index contributed by atoms with van der Waals surface area (Å²) in [7, 11) is 0. The Bertz CT molecular complexity index is 690. The van der Waals surface area contributed by atoms with Crippen molar-refractivity contribution < 1.29 is 39.3 Å². The van der Waals surface area contributed by atoms with Gasteiger partial charge in [0.05, 0.1) is 11.8 Å². The van der Waals surface area contributed by atoms with Crippen LogP contribution >= 0.6 is 0 Å². The fourth-order valence-electron chi connectivity index (χ4n) is 7.28. The minimum Gasteiger partial charge on any atom is -0.661 e. The average Bonchev–Trinajstić information content (AvgIpc) is 3.07. The van der Waals surface area contributed by atoms with Gasteiger partial charge in [0.2, 0.25) is 0 Å². The van der Waals surface area contributed by atoms with Crippen LogP contribution in [-0.4, -0.2) is 97.7 Å². The largest absolute Gasteiger partial charge is 6.00 e. The topological polar surface area (TPSA) is 159 Å². The number of carboxylic acid groups (broad SMARTS) is 2. The Hall–Kier alpha value is -0.677. The molecule has 0 bridgehead atoms. The van der Waals surface area contributed by atoms with Crippen molar-refractivity contribution in [1.82, 2.24) is 0 Å². The molecule has 43 heavy (non-hydrogen) atoms. The fraction of sp³-hybridized carbons (Fsp3) is 0.938. The molecule has 0 aromatic rings. The number of aliphatic carboxylic acids is 2. The Balaban J connectivity index is 0.000000180. The molecular weight excluding hydrogens is 633 g/mol. The first-order valence-electron chi connectivity index (χ1n) is 17.0. The van der Waals surface area contributed by atoms with E-state index in [9.17, 15) is 9.59 Å². The summed E-state index contributed by atoms with van der Waals surface area (Å²) >= 11 is 0. The van der Waals surface area contributed by atoms with Crippen molar-refractivity contribution in [3.8, 4) is 0 Å². The standard InChI is InChI=1S/C12H18N2O4.2C10H18N2.Ru/c15-11(16)7-1-3-13-9(5-7)10-6-8(12(17)18)2-4-14-10;2*1-3-7-11-9(5-1)10-6-2-4-8-12-10;/h7-10H,1-6H2,(H,15,16)(H,17,18);2*9-10H,1-8H2;/q3*-2;+6. The van der Waals surface area contributed by atoms with Crippen molar-refractivity contribution in [2.24, 2.45) is 11.8 Å². The molecule has 0 radical (unpaired) electrons. The van der Waals surface area contributed by atoms with Crippen LogP contribution < -0.4 is 0 Å². The molecule has 6 aliphatic rings. The molecule has 0 amide bonds. The molecule has 6 saturated heterocycles. The predicted molar refractivity (Wildman–Crippen MR) is 168 cm³/mol. The molecule has 6 rings (SSSR count). The van der Waals surface area contributed by atoms with E-state index in [-0.39, 0.29) is 43.4 Å². The van der Waals surface area contributed by atoms with E-state index in [0.29, 0.717) is 62.9 Å². The molecule has 0 aliphatic carbocycles. The van der Waals surface area contributed by atoms with Crippen LogP contribution in [0, 0.1) is 11.8 Å². The van der Waals surface area contributed by atoms with Crippen LogP contribution in [-0.2, 0) is 29.1 Å². The van der Waals surface area contributed by atoms with Gasteiger partial charge in [0.25, 0.3) is 0 Å². The molecule has 6 aliphatic heterocycles. The Morgan fingerprint density at radius 1 is 0.395 bits per heavy atom. The van der Waals surface area contributed by atoms with Gasteiger partial charge in [-0.1, -0.05) is 103 Å². The van der Waals surface area contributed by atoms with E-state index in [1.165, 1.54) is 77.0 Å². The van der Waals surface area contributed by atoms with Crippen LogP contribution in [0.5, 0.6) is 0 Å². The van der Waals surface area contributed by atoms with Crippen molar-refractivity contribution in [3.63, 3.8) is 0 Å². The van der Waals surface area contributed by atoms with E-state index in [4.69, 9.17) is 10.2 Å². The molecular formula is C32H54N6O4Ru. The number of hydrogen-bond acceptors (Lipinski definition) is 2. The zero-order chi connectivity index (χ0) is 29.6. The van der Waals surface area contributed by atoms with E-state index in [0.717, 1.165) is 26.2 Å². The van der Waals surface area contributed by atoms with E-state index >= 15 is 0 Å². The van der Waals surface area contributed by atoms with Crippen molar-refractivity contribution in [2.45, 2.75) is 139 Å². The van der Waals surface area contributed by atoms with Crippen molar-refractivity contribution in [1.29, 1.82) is 0 Å². The number of rotatable bonds is 5. The van der Waals surface area contributed by atoms with Gasteiger partial charge >= 0.3 is 31.4 Å². The summed E-state index contributed by atoms with van der Waals surface area (Å²) in [6.07, 6.45) is 18.1. The van der Waals surface area contributed by atoms with Crippen molar-refractivity contribution in [3.05, 3.63) is 31.9 Å². The first-order chi connectivity index (χ1) is 20.5. The van der Waals surface area contributed by atoms with Gasteiger partial charge in [-0.15, -0.1) is 39.3 Å². The third-order valence-electron chi connectivity index (χ3n) is 9.85. The molecule has 0 aromatic carbocycles. The third kappa shape index (κ3) is 12.6. The van der Waals surface area contributed by atoms with Gasteiger partial charge in [0, 0.05) is 0 Å². The maximum Gasteiger partial charge on any atom is 6.00 e. The maximum absolute atomic E-state index is 11.0. The van der Waals surface area contributed by atoms with Gasteiger partial charge in [0.1, 0.15) is 0 Å². The minimum atomic E-state index is -0.777. The van der Waals surface area contributed by atoms with E-state index in [1.807, 2.05) is 0 Å².